The van der Waals surface area contributed by atoms with E-state index in [2.05, 4.69) is 39.0 Å². The quantitative estimate of drug-likeness (QED) is 0.602. The summed E-state index contributed by atoms with van der Waals surface area (Å²) in [5.74, 6) is 0. The fraction of sp³-hybridized carbons (Fsp3) is 0.500. The van der Waals surface area contributed by atoms with Gasteiger partial charge in [0.1, 0.15) is 0 Å². The van der Waals surface area contributed by atoms with E-state index < -0.39 is 0 Å². The van der Waals surface area contributed by atoms with Crippen LogP contribution in [0.5, 0.6) is 0 Å². The topological polar surface area (TPSA) is 33.4 Å². The molecule has 0 fully saturated rings. The Kier molecular flexibility index (Phi) is 8.61. The minimum atomic E-state index is -0.347. The van der Waals surface area contributed by atoms with Crippen molar-refractivity contribution in [2.45, 2.75) is 65.9 Å². The average molecular weight is 302 g/mol. The van der Waals surface area contributed by atoms with E-state index in [-0.39, 0.29) is 6.10 Å². The Balaban J connectivity index is 2.28. The van der Waals surface area contributed by atoms with Gasteiger partial charge in [0.25, 0.3) is 0 Å². The molecule has 1 N–H and O–H groups in total. The molecule has 2 nitrogen and oxygen atoms in total. The van der Waals surface area contributed by atoms with Gasteiger partial charge in [0.05, 0.1) is 18.6 Å². The maximum atomic E-state index is 10.0. The van der Waals surface area contributed by atoms with Crippen LogP contribution in [0.1, 0.15) is 58.9 Å². The molecule has 0 saturated carbocycles. The molecule has 0 aliphatic carbocycles. The summed E-state index contributed by atoms with van der Waals surface area (Å²) >= 11 is 0. The minimum Gasteiger partial charge on any atom is -0.472 e. The molecule has 0 aliphatic heterocycles. The van der Waals surface area contributed by atoms with Crippen LogP contribution in [-0.2, 0) is 6.42 Å². The Hall–Kier alpha value is -1.54. The van der Waals surface area contributed by atoms with Gasteiger partial charge < -0.3 is 9.52 Å². The predicted octanol–water partition coefficient (Wildman–Crippen LogP) is 5.60. The fourth-order valence-corrected chi connectivity index (χ4v) is 2.22. The minimum absolute atomic E-state index is 0.347. The molecule has 0 amide bonds. The molecule has 122 valence electrons. The summed E-state index contributed by atoms with van der Waals surface area (Å²) in [7, 11) is 0. The Morgan fingerprint density at radius 2 is 1.91 bits per heavy atom. The summed E-state index contributed by atoms with van der Waals surface area (Å²) in [4.78, 5) is 0. The molecule has 1 unspecified atom stereocenters. The highest BCUT2D eigenvalue weighted by Crippen LogP contribution is 2.13. The first kappa shape index (κ1) is 18.5. The predicted molar refractivity (Wildman–Crippen MR) is 93.8 cm³/mol. The van der Waals surface area contributed by atoms with Crippen molar-refractivity contribution in [3.8, 4) is 0 Å². The standard InChI is InChI=1S/C20H30O2/c1-16(2)11-12-20(21)18(4)9-5-7-17(3)8-6-10-19-13-14-22-15-19/h8-9,11,13-15,20-21H,5-7,10,12H2,1-4H3. The van der Waals surface area contributed by atoms with E-state index in [1.165, 1.54) is 16.7 Å². The van der Waals surface area contributed by atoms with Gasteiger partial charge in [-0.2, -0.15) is 0 Å². The first-order valence-corrected chi connectivity index (χ1v) is 8.14. The SMILES string of the molecule is CC(C)=CCC(O)C(C)=CCCC(C)=CCCc1ccoc1. The molecule has 0 spiro atoms. The van der Waals surface area contributed by atoms with E-state index in [9.17, 15) is 5.11 Å². The zero-order valence-corrected chi connectivity index (χ0v) is 14.4. The molecule has 1 rings (SSSR count). The third kappa shape index (κ3) is 8.04. The first-order valence-electron chi connectivity index (χ1n) is 8.14. The number of aliphatic hydroxyl groups is 1. The van der Waals surface area contributed by atoms with Gasteiger partial charge in [-0.3, -0.25) is 0 Å². The second-order valence-electron chi connectivity index (χ2n) is 6.24. The molecule has 1 heterocycles. The van der Waals surface area contributed by atoms with Gasteiger partial charge in [-0.05, 0) is 77.0 Å². The number of furan rings is 1. The molecule has 0 aliphatic rings. The second kappa shape index (κ2) is 10.2. The zero-order chi connectivity index (χ0) is 16.4. The van der Waals surface area contributed by atoms with E-state index in [1.807, 2.05) is 19.3 Å². The van der Waals surface area contributed by atoms with Gasteiger partial charge in [-0.1, -0.05) is 29.4 Å². The van der Waals surface area contributed by atoms with Gasteiger partial charge in [0, 0.05) is 0 Å². The monoisotopic (exact) mass is 302 g/mol. The van der Waals surface area contributed by atoms with Crippen LogP contribution in [0.3, 0.4) is 0 Å². The normalized spacial score (nSPS) is 14.0. The highest BCUT2D eigenvalue weighted by Gasteiger charge is 2.03. The van der Waals surface area contributed by atoms with Gasteiger partial charge >= 0.3 is 0 Å². The van der Waals surface area contributed by atoms with E-state index >= 15 is 0 Å². The fourth-order valence-electron chi connectivity index (χ4n) is 2.22. The van der Waals surface area contributed by atoms with E-state index in [4.69, 9.17) is 4.42 Å². The van der Waals surface area contributed by atoms with Crippen LogP contribution >= 0.6 is 0 Å². The molecule has 0 aromatic carbocycles. The van der Waals surface area contributed by atoms with Crippen molar-refractivity contribution in [1.82, 2.24) is 0 Å². The Labute approximate surface area is 135 Å². The second-order valence-corrected chi connectivity index (χ2v) is 6.24. The van der Waals surface area contributed by atoms with Crippen LogP contribution in [0, 0.1) is 0 Å². The molecule has 22 heavy (non-hydrogen) atoms. The van der Waals surface area contributed by atoms with Crippen LogP contribution in [0.2, 0.25) is 0 Å². The smallest absolute Gasteiger partial charge is 0.0934 e. The van der Waals surface area contributed by atoms with Crippen LogP contribution in [0.15, 0.2) is 58.0 Å². The van der Waals surface area contributed by atoms with Crippen molar-refractivity contribution in [2.24, 2.45) is 0 Å². The van der Waals surface area contributed by atoms with Crippen molar-refractivity contribution >= 4 is 0 Å². The van der Waals surface area contributed by atoms with Gasteiger partial charge in [0.2, 0.25) is 0 Å². The van der Waals surface area contributed by atoms with Crippen molar-refractivity contribution in [2.75, 3.05) is 0 Å². The highest BCUT2D eigenvalue weighted by atomic mass is 16.3. The molecular weight excluding hydrogens is 272 g/mol. The van der Waals surface area contributed by atoms with E-state index in [0.29, 0.717) is 6.42 Å². The maximum absolute atomic E-state index is 10.0. The summed E-state index contributed by atoms with van der Waals surface area (Å²) in [6.45, 7) is 8.31. The summed E-state index contributed by atoms with van der Waals surface area (Å²) < 4.78 is 5.06. The number of rotatable bonds is 9. The maximum Gasteiger partial charge on any atom is 0.0934 e. The number of aryl methyl sites for hydroxylation is 1. The van der Waals surface area contributed by atoms with E-state index in [1.54, 1.807) is 6.26 Å². The number of allylic oxidation sites excluding steroid dienone is 4. The van der Waals surface area contributed by atoms with Gasteiger partial charge in [-0.25, -0.2) is 0 Å². The van der Waals surface area contributed by atoms with Gasteiger partial charge in [0.15, 0.2) is 0 Å². The lowest BCUT2D eigenvalue weighted by Crippen LogP contribution is -2.06. The summed E-state index contributed by atoms with van der Waals surface area (Å²) in [6.07, 6.45) is 14.6. The molecule has 1 aromatic heterocycles. The third-order valence-corrected chi connectivity index (χ3v) is 3.79. The van der Waals surface area contributed by atoms with Crippen LogP contribution in [-0.4, -0.2) is 11.2 Å². The number of hydrogen-bond acceptors (Lipinski definition) is 2. The molecule has 0 saturated heterocycles. The van der Waals surface area contributed by atoms with Crippen molar-refractivity contribution in [3.05, 3.63) is 59.1 Å². The lowest BCUT2D eigenvalue weighted by Gasteiger charge is -2.09. The Morgan fingerprint density at radius 3 is 2.55 bits per heavy atom. The number of hydrogen-bond donors (Lipinski definition) is 1. The summed E-state index contributed by atoms with van der Waals surface area (Å²) in [5, 5.41) is 10.0. The summed E-state index contributed by atoms with van der Waals surface area (Å²) in [6, 6.07) is 2.02. The van der Waals surface area contributed by atoms with Crippen LogP contribution in [0.25, 0.3) is 0 Å². The van der Waals surface area contributed by atoms with Crippen molar-refractivity contribution in [3.63, 3.8) is 0 Å². The average Bonchev–Trinajstić information content (AvgIpc) is 2.97. The molecule has 0 bridgehead atoms. The Bertz CT molecular complexity index is 500. The van der Waals surface area contributed by atoms with E-state index in [0.717, 1.165) is 31.3 Å². The lowest BCUT2D eigenvalue weighted by molar-refractivity contribution is 0.213. The van der Waals surface area contributed by atoms with Crippen molar-refractivity contribution in [1.29, 1.82) is 0 Å². The highest BCUT2D eigenvalue weighted by molar-refractivity contribution is 5.11. The zero-order valence-electron chi connectivity index (χ0n) is 14.4. The lowest BCUT2D eigenvalue weighted by atomic mass is 10.0. The molecule has 1 atom stereocenters. The number of aliphatic hydroxyl groups excluding tert-OH is 1. The van der Waals surface area contributed by atoms with Gasteiger partial charge in [-0.15, -0.1) is 0 Å². The van der Waals surface area contributed by atoms with Crippen LogP contribution in [0.4, 0.5) is 0 Å². The Morgan fingerprint density at radius 1 is 1.14 bits per heavy atom. The molecular formula is C20H30O2. The third-order valence-electron chi connectivity index (χ3n) is 3.79. The molecule has 2 heteroatoms. The van der Waals surface area contributed by atoms with Crippen LogP contribution < -0.4 is 0 Å². The summed E-state index contributed by atoms with van der Waals surface area (Å²) in [5.41, 5.74) is 4.99. The largest absolute Gasteiger partial charge is 0.472 e. The molecule has 0 radical (unpaired) electrons. The first-order chi connectivity index (χ1) is 10.5. The van der Waals surface area contributed by atoms with Crippen molar-refractivity contribution < 1.29 is 9.52 Å². The molecule has 1 aromatic rings.